The van der Waals surface area contributed by atoms with Crippen molar-refractivity contribution in [2.45, 2.75) is 17.8 Å². The van der Waals surface area contributed by atoms with Gasteiger partial charge < -0.3 is 14.8 Å². The van der Waals surface area contributed by atoms with E-state index in [2.05, 4.69) is 19.8 Å². The van der Waals surface area contributed by atoms with Crippen molar-refractivity contribution in [3.8, 4) is 17.4 Å². The van der Waals surface area contributed by atoms with E-state index in [9.17, 15) is 26.4 Å². The molecule has 0 aliphatic carbocycles. The van der Waals surface area contributed by atoms with E-state index in [4.69, 9.17) is 16.3 Å². The summed E-state index contributed by atoms with van der Waals surface area (Å²) in [6.45, 7) is 0.0438. The van der Waals surface area contributed by atoms with Crippen molar-refractivity contribution in [1.82, 2.24) is 15.0 Å². The van der Waals surface area contributed by atoms with Gasteiger partial charge in [-0.3, -0.25) is 4.79 Å². The molecule has 0 spiro atoms. The predicted molar refractivity (Wildman–Crippen MR) is 116 cm³/mol. The van der Waals surface area contributed by atoms with Crippen molar-refractivity contribution in [2.24, 2.45) is 0 Å². The second-order valence-electron chi connectivity index (χ2n) is 6.65. The fourth-order valence-electron chi connectivity index (χ4n) is 2.64. The van der Waals surface area contributed by atoms with Gasteiger partial charge in [-0.15, -0.1) is 13.2 Å². The number of halogens is 4. The van der Waals surface area contributed by atoms with Crippen LogP contribution in [0.5, 0.6) is 17.4 Å². The third kappa shape index (κ3) is 6.83. The third-order valence-electron chi connectivity index (χ3n) is 4.32. The predicted octanol–water partition coefficient (Wildman–Crippen LogP) is 4.26. The first-order valence-electron chi connectivity index (χ1n) is 9.47. The number of amides is 1. The second kappa shape index (κ2) is 10.3. The summed E-state index contributed by atoms with van der Waals surface area (Å²) in [4.78, 5) is 16.4. The van der Waals surface area contributed by atoms with E-state index in [1.165, 1.54) is 55.7 Å². The first kappa shape index (κ1) is 25.3. The van der Waals surface area contributed by atoms with Crippen molar-refractivity contribution in [2.75, 3.05) is 7.05 Å². The highest BCUT2D eigenvalue weighted by atomic mass is 35.5. The smallest absolute Gasteiger partial charge is 0.439 e. The summed E-state index contributed by atoms with van der Waals surface area (Å²) < 4.78 is 71.7. The van der Waals surface area contributed by atoms with Gasteiger partial charge in [0.05, 0.1) is 10.5 Å². The average Bonchev–Trinajstić information content (AvgIpc) is 2.79. The van der Waals surface area contributed by atoms with Crippen LogP contribution in [0.4, 0.5) is 13.2 Å². The molecule has 0 saturated heterocycles. The third-order valence-corrected chi connectivity index (χ3v) is 6.09. The Labute approximate surface area is 197 Å². The molecule has 2 N–H and O–H groups in total. The van der Waals surface area contributed by atoms with E-state index >= 15 is 0 Å². The quantitative estimate of drug-likeness (QED) is 0.464. The molecule has 8 nitrogen and oxygen atoms in total. The molecule has 0 atom stereocenters. The summed E-state index contributed by atoms with van der Waals surface area (Å²) in [6.07, 6.45) is -3.53. The summed E-state index contributed by atoms with van der Waals surface area (Å²) in [5.74, 6) is -0.517. The molecule has 180 valence electrons. The van der Waals surface area contributed by atoms with Crippen molar-refractivity contribution in [3.05, 3.63) is 76.9 Å². The molecule has 0 fully saturated rings. The molecule has 0 saturated carbocycles. The Balaban J connectivity index is 1.58. The number of nitrogens with one attached hydrogen (secondary N) is 2. The van der Waals surface area contributed by atoms with Crippen molar-refractivity contribution < 1.29 is 35.9 Å². The molecular formula is C21H17ClF3N3O5S. The highest BCUT2D eigenvalue weighted by Gasteiger charge is 2.31. The van der Waals surface area contributed by atoms with Crippen LogP contribution in [0, 0.1) is 0 Å². The number of hydrogen-bond donors (Lipinski definition) is 2. The Morgan fingerprint density at radius 1 is 1.06 bits per heavy atom. The van der Waals surface area contributed by atoms with Crippen LogP contribution in [0.2, 0.25) is 5.02 Å². The van der Waals surface area contributed by atoms with Crippen LogP contribution < -0.4 is 19.5 Å². The Hall–Kier alpha value is -3.35. The fraction of sp³-hybridized carbons (Fsp3) is 0.143. The van der Waals surface area contributed by atoms with Crippen LogP contribution in [0.1, 0.15) is 15.9 Å². The first-order chi connectivity index (χ1) is 16.0. The van der Waals surface area contributed by atoms with Gasteiger partial charge in [-0.1, -0.05) is 17.7 Å². The molecule has 34 heavy (non-hydrogen) atoms. The fourth-order valence-corrected chi connectivity index (χ4v) is 3.71. The zero-order valence-corrected chi connectivity index (χ0v) is 19.0. The molecule has 0 radical (unpaired) electrons. The van der Waals surface area contributed by atoms with Crippen LogP contribution in [0.15, 0.2) is 65.7 Å². The normalized spacial score (nSPS) is 11.7. The molecule has 1 aromatic heterocycles. The van der Waals surface area contributed by atoms with Gasteiger partial charge in [0.25, 0.3) is 5.91 Å². The van der Waals surface area contributed by atoms with Gasteiger partial charge in [0.2, 0.25) is 15.9 Å². The zero-order chi connectivity index (χ0) is 24.9. The first-order valence-corrected chi connectivity index (χ1v) is 11.3. The minimum Gasteiger partial charge on any atom is -0.439 e. The average molecular weight is 516 g/mol. The number of hydrogen-bond acceptors (Lipinski definition) is 6. The maximum absolute atomic E-state index is 12.4. The summed E-state index contributed by atoms with van der Waals surface area (Å²) in [5.41, 5.74) is 0.725. The number of ether oxygens (including phenoxy) is 2. The van der Waals surface area contributed by atoms with Crippen LogP contribution in [-0.2, 0) is 16.6 Å². The number of carbonyl (C=O) groups is 1. The van der Waals surface area contributed by atoms with Crippen molar-refractivity contribution in [3.63, 3.8) is 0 Å². The molecule has 0 aliphatic heterocycles. The monoisotopic (exact) mass is 515 g/mol. The van der Waals surface area contributed by atoms with E-state index in [-0.39, 0.29) is 33.7 Å². The molecule has 1 heterocycles. The van der Waals surface area contributed by atoms with E-state index in [1.807, 2.05) is 0 Å². The number of rotatable bonds is 8. The number of benzene rings is 2. The van der Waals surface area contributed by atoms with E-state index in [0.29, 0.717) is 5.56 Å². The van der Waals surface area contributed by atoms with Gasteiger partial charge in [-0.2, -0.15) is 0 Å². The molecule has 0 bridgehead atoms. The zero-order valence-electron chi connectivity index (χ0n) is 17.4. The topological polar surface area (TPSA) is 107 Å². The lowest BCUT2D eigenvalue weighted by atomic mass is 10.2. The number of alkyl halides is 3. The number of pyridine rings is 1. The molecule has 2 aromatic carbocycles. The Morgan fingerprint density at radius 2 is 1.74 bits per heavy atom. The highest BCUT2D eigenvalue weighted by Crippen LogP contribution is 2.27. The maximum atomic E-state index is 12.4. The summed E-state index contributed by atoms with van der Waals surface area (Å²) in [6, 6.07) is 11.8. The number of nitrogens with zero attached hydrogens (tertiary/aromatic N) is 1. The molecular weight excluding hydrogens is 499 g/mol. The lowest BCUT2D eigenvalue weighted by molar-refractivity contribution is -0.274. The van der Waals surface area contributed by atoms with E-state index in [0.717, 1.165) is 12.1 Å². The van der Waals surface area contributed by atoms with E-state index in [1.54, 1.807) is 0 Å². The molecule has 3 rings (SSSR count). The molecule has 0 unspecified atom stereocenters. The van der Waals surface area contributed by atoms with Gasteiger partial charge in [-0.05, 0) is 55.1 Å². The Kier molecular flexibility index (Phi) is 7.64. The lowest BCUT2D eigenvalue weighted by Crippen LogP contribution is -2.23. The van der Waals surface area contributed by atoms with Crippen LogP contribution in [0.25, 0.3) is 0 Å². The molecule has 13 heteroatoms. The summed E-state index contributed by atoms with van der Waals surface area (Å²) in [5, 5.41) is 2.82. The Bertz CT molecular complexity index is 1270. The Morgan fingerprint density at radius 3 is 2.29 bits per heavy atom. The molecule has 3 aromatic rings. The standard InChI is InChI=1S/C21H17ClF3N3O5S/c1-26-34(30,31)17-8-2-13(18(22)10-17)11-28-20(29)14-3-9-19(27-12-14)32-15-4-6-16(7-5-15)33-21(23,24)25/h2-10,12,26H,11H2,1H3,(H,28,29). The van der Waals surface area contributed by atoms with Crippen molar-refractivity contribution >= 4 is 27.5 Å². The van der Waals surface area contributed by atoms with Gasteiger partial charge in [-0.25, -0.2) is 18.1 Å². The van der Waals surface area contributed by atoms with Crippen molar-refractivity contribution in [1.29, 1.82) is 0 Å². The van der Waals surface area contributed by atoms with E-state index < -0.39 is 28.0 Å². The molecule has 1 amide bonds. The minimum atomic E-state index is -4.79. The highest BCUT2D eigenvalue weighted by molar-refractivity contribution is 7.89. The van der Waals surface area contributed by atoms with Crippen LogP contribution >= 0.6 is 11.6 Å². The largest absolute Gasteiger partial charge is 0.573 e. The van der Waals surface area contributed by atoms with Gasteiger partial charge >= 0.3 is 6.36 Å². The summed E-state index contributed by atoms with van der Waals surface area (Å²) >= 11 is 6.13. The minimum absolute atomic E-state index is 0.00242. The SMILES string of the molecule is CNS(=O)(=O)c1ccc(CNC(=O)c2ccc(Oc3ccc(OC(F)(F)F)cc3)nc2)c(Cl)c1. The molecule has 0 aliphatic rings. The summed E-state index contributed by atoms with van der Waals surface area (Å²) in [7, 11) is -2.36. The van der Waals surface area contributed by atoms with Crippen LogP contribution in [-0.4, -0.2) is 32.7 Å². The number of sulfonamides is 1. The van der Waals surface area contributed by atoms with Crippen LogP contribution in [0.3, 0.4) is 0 Å². The number of carbonyl (C=O) groups excluding carboxylic acids is 1. The lowest BCUT2D eigenvalue weighted by Gasteiger charge is -2.10. The second-order valence-corrected chi connectivity index (χ2v) is 8.94. The van der Waals surface area contributed by atoms with Gasteiger partial charge in [0, 0.05) is 23.8 Å². The van der Waals surface area contributed by atoms with Gasteiger partial charge in [0.1, 0.15) is 11.5 Å². The number of aromatic nitrogens is 1. The van der Waals surface area contributed by atoms with Gasteiger partial charge in [0.15, 0.2) is 0 Å². The maximum Gasteiger partial charge on any atom is 0.573 e.